The average Bonchev–Trinajstić information content (AvgIpc) is 2.49. The highest BCUT2D eigenvalue weighted by Crippen LogP contribution is 2.11. The zero-order valence-corrected chi connectivity index (χ0v) is 12.1. The highest BCUT2D eigenvalue weighted by Gasteiger charge is 2.08. The van der Waals surface area contributed by atoms with E-state index in [4.69, 9.17) is 11.6 Å². The average molecular weight is 305 g/mol. The Kier molecular flexibility index (Phi) is 4.90. The summed E-state index contributed by atoms with van der Waals surface area (Å²) in [5, 5.41) is 3.28. The Morgan fingerprint density at radius 3 is 2.48 bits per heavy atom. The quantitative estimate of drug-likeness (QED) is 0.882. The Morgan fingerprint density at radius 1 is 1.19 bits per heavy atom. The topological polar surface area (TPSA) is 68.3 Å². The summed E-state index contributed by atoms with van der Waals surface area (Å²) in [6.07, 6.45) is 1.57. The Balaban J connectivity index is 1.96. The van der Waals surface area contributed by atoms with E-state index in [9.17, 15) is 9.59 Å². The van der Waals surface area contributed by atoms with Crippen LogP contribution in [-0.2, 0) is 16.0 Å². The lowest BCUT2D eigenvalue weighted by Crippen LogP contribution is -2.15. The lowest BCUT2D eigenvalue weighted by Gasteiger charge is -2.05. The first-order chi connectivity index (χ1) is 10.1. The molecule has 1 heterocycles. The number of aromatic nitrogens is 1. The van der Waals surface area contributed by atoms with E-state index in [1.165, 1.54) is 19.4 Å². The van der Waals surface area contributed by atoms with Crippen LogP contribution in [0.15, 0.2) is 42.6 Å². The Hall–Kier alpha value is -2.40. The predicted octanol–water partition coefficient (Wildman–Crippen LogP) is 2.70. The Morgan fingerprint density at radius 2 is 1.90 bits per heavy atom. The number of hydrogen-bond acceptors (Lipinski definition) is 4. The smallest absolute Gasteiger partial charge is 0.339 e. The van der Waals surface area contributed by atoms with Crippen molar-refractivity contribution < 1.29 is 14.3 Å². The molecule has 0 spiro atoms. The van der Waals surface area contributed by atoms with Crippen molar-refractivity contribution in [3.8, 4) is 0 Å². The Labute approximate surface area is 126 Å². The molecule has 0 fully saturated rings. The van der Waals surface area contributed by atoms with Gasteiger partial charge in [-0.1, -0.05) is 23.7 Å². The largest absolute Gasteiger partial charge is 0.465 e. The van der Waals surface area contributed by atoms with Gasteiger partial charge in [0.15, 0.2) is 0 Å². The molecule has 0 unspecified atom stereocenters. The molecular formula is C15H13ClN2O3. The molecule has 0 atom stereocenters. The highest BCUT2D eigenvalue weighted by atomic mass is 35.5. The van der Waals surface area contributed by atoms with Gasteiger partial charge in [0.2, 0.25) is 5.91 Å². The number of pyridine rings is 1. The van der Waals surface area contributed by atoms with Crippen molar-refractivity contribution in [3.63, 3.8) is 0 Å². The van der Waals surface area contributed by atoms with E-state index in [2.05, 4.69) is 15.0 Å². The molecule has 108 valence electrons. The van der Waals surface area contributed by atoms with E-state index in [-0.39, 0.29) is 12.3 Å². The molecule has 0 aliphatic carbocycles. The second-order valence-corrected chi connectivity index (χ2v) is 4.71. The van der Waals surface area contributed by atoms with Crippen LogP contribution >= 0.6 is 11.6 Å². The fourth-order valence-corrected chi connectivity index (χ4v) is 1.81. The molecule has 0 radical (unpaired) electrons. The summed E-state index contributed by atoms with van der Waals surface area (Å²) in [6.45, 7) is 0. The van der Waals surface area contributed by atoms with Crippen LogP contribution in [0.2, 0.25) is 5.02 Å². The van der Waals surface area contributed by atoms with E-state index in [1.807, 2.05) is 0 Å². The van der Waals surface area contributed by atoms with Gasteiger partial charge in [0.1, 0.15) is 5.82 Å². The SMILES string of the molecule is COC(=O)c1ccc(NC(=O)Cc2ccc(Cl)cc2)nc1. The molecule has 0 bridgehead atoms. The molecule has 0 saturated heterocycles. The maximum atomic E-state index is 11.9. The van der Waals surface area contributed by atoms with Crippen molar-refractivity contribution in [2.24, 2.45) is 0 Å². The van der Waals surface area contributed by atoms with Gasteiger partial charge in [0.25, 0.3) is 0 Å². The number of carbonyl (C=O) groups excluding carboxylic acids is 2. The van der Waals surface area contributed by atoms with E-state index in [1.54, 1.807) is 30.3 Å². The second-order valence-electron chi connectivity index (χ2n) is 4.28. The van der Waals surface area contributed by atoms with Crippen LogP contribution in [0, 0.1) is 0 Å². The third kappa shape index (κ3) is 4.29. The first-order valence-electron chi connectivity index (χ1n) is 6.17. The monoisotopic (exact) mass is 304 g/mol. The van der Waals surface area contributed by atoms with Crippen molar-refractivity contribution in [3.05, 3.63) is 58.7 Å². The van der Waals surface area contributed by atoms with Gasteiger partial charge in [0.05, 0.1) is 19.1 Å². The van der Waals surface area contributed by atoms with Crippen LogP contribution in [0.25, 0.3) is 0 Å². The molecule has 0 aliphatic rings. The number of benzene rings is 1. The van der Waals surface area contributed by atoms with Crippen molar-refractivity contribution >= 4 is 29.3 Å². The summed E-state index contributed by atoms with van der Waals surface area (Å²) >= 11 is 5.78. The highest BCUT2D eigenvalue weighted by molar-refractivity contribution is 6.30. The molecule has 1 amide bonds. The van der Waals surface area contributed by atoms with Gasteiger partial charge < -0.3 is 10.1 Å². The first kappa shape index (κ1) is 15.0. The van der Waals surface area contributed by atoms with Gasteiger partial charge in [-0.05, 0) is 29.8 Å². The summed E-state index contributed by atoms with van der Waals surface area (Å²) in [5.74, 6) is -0.293. The molecule has 6 heteroatoms. The molecule has 5 nitrogen and oxygen atoms in total. The van der Waals surface area contributed by atoms with Gasteiger partial charge in [-0.3, -0.25) is 4.79 Å². The van der Waals surface area contributed by atoms with Crippen molar-refractivity contribution in [2.75, 3.05) is 12.4 Å². The molecule has 0 aliphatic heterocycles. The number of halogens is 1. The van der Waals surface area contributed by atoms with Gasteiger partial charge in [0, 0.05) is 11.2 Å². The summed E-state index contributed by atoms with van der Waals surface area (Å²) < 4.78 is 4.57. The van der Waals surface area contributed by atoms with Crippen LogP contribution in [-0.4, -0.2) is 24.0 Å². The lowest BCUT2D eigenvalue weighted by atomic mass is 10.1. The molecule has 1 aromatic heterocycles. The fraction of sp³-hybridized carbons (Fsp3) is 0.133. The van der Waals surface area contributed by atoms with Crippen LogP contribution in [0.5, 0.6) is 0 Å². The normalized spacial score (nSPS) is 10.0. The maximum absolute atomic E-state index is 11.9. The summed E-state index contributed by atoms with van der Waals surface area (Å²) in [6, 6.07) is 10.1. The number of ether oxygens (including phenoxy) is 1. The summed E-state index contributed by atoms with van der Waals surface area (Å²) in [7, 11) is 1.30. The number of nitrogens with one attached hydrogen (secondary N) is 1. The number of carbonyl (C=O) groups is 2. The van der Waals surface area contributed by atoms with Gasteiger partial charge in [-0.15, -0.1) is 0 Å². The second kappa shape index (κ2) is 6.85. The number of anilines is 1. The predicted molar refractivity (Wildman–Crippen MR) is 79.4 cm³/mol. The molecule has 2 rings (SSSR count). The fourth-order valence-electron chi connectivity index (χ4n) is 1.68. The molecule has 1 N–H and O–H groups in total. The zero-order chi connectivity index (χ0) is 15.2. The number of esters is 1. The minimum Gasteiger partial charge on any atom is -0.465 e. The minimum atomic E-state index is -0.471. The van der Waals surface area contributed by atoms with E-state index in [0.717, 1.165) is 5.56 Å². The molecular weight excluding hydrogens is 292 g/mol. The van der Waals surface area contributed by atoms with Gasteiger partial charge >= 0.3 is 5.97 Å². The third-order valence-electron chi connectivity index (χ3n) is 2.73. The minimum absolute atomic E-state index is 0.198. The first-order valence-corrected chi connectivity index (χ1v) is 6.55. The number of rotatable bonds is 4. The number of methoxy groups -OCH3 is 1. The van der Waals surface area contributed by atoms with E-state index >= 15 is 0 Å². The van der Waals surface area contributed by atoms with Crippen LogP contribution < -0.4 is 5.32 Å². The standard InChI is InChI=1S/C15H13ClN2O3/c1-21-15(20)11-4-7-13(17-9-11)18-14(19)8-10-2-5-12(16)6-3-10/h2-7,9H,8H2,1H3,(H,17,18,19). The lowest BCUT2D eigenvalue weighted by molar-refractivity contribution is -0.115. The van der Waals surface area contributed by atoms with E-state index < -0.39 is 5.97 Å². The maximum Gasteiger partial charge on any atom is 0.339 e. The third-order valence-corrected chi connectivity index (χ3v) is 2.98. The van der Waals surface area contributed by atoms with Crippen molar-refractivity contribution in [2.45, 2.75) is 6.42 Å². The van der Waals surface area contributed by atoms with Gasteiger partial charge in [-0.25, -0.2) is 9.78 Å². The van der Waals surface area contributed by atoms with Crippen LogP contribution in [0.4, 0.5) is 5.82 Å². The van der Waals surface area contributed by atoms with Crippen LogP contribution in [0.1, 0.15) is 15.9 Å². The molecule has 21 heavy (non-hydrogen) atoms. The van der Waals surface area contributed by atoms with Crippen molar-refractivity contribution in [1.82, 2.24) is 4.98 Å². The molecule has 1 aromatic carbocycles. The van der Waals surface area contributed by atoms with Gasteiger partial charge in [-0.2, -0.15) is 0 Å². The van der Waals surface area contributed by atoms with E-state index in [0.29, 0.717) is 16.4 Å². The number of amides is 1. The number of nitrogens with zero attached hydrogens (tertiary/aromatic N) is 1. The van der Waals surface area contributed by atoms with Crippen molar-refractivity contribution in [1.29, 1.82) is 0 Å². The number of hydrogen-bond donors (Lipinski definition) is 1. The van der Waals surface area contributed by atoms with Crippen LogP contribution in [0.3, 0.4) is 0 Å². The Bertz CT molecular complexity index is 639. The summed E-state index contributed by atoms with van der Waals surface area (Å²) in [4.78, 5) is 27.1. The summed E-state index contributed by atoms with van der Waals surface area (Å²) in [5.41, 5.74) is 1.18. The zero-order valence-electron chi connectivity index (χ0n) is 11.3. The molecule has 0 saturated carbocycles. The molecule has 2 aromatic rings.